The van der Waals surface area contributed by atoms with E-state index in [9.17, 15) is 9.59 Å². The molecule has 5 atom stereocenters. The van der Waals surface area contributed by atoms with E-state index in [1.807, 2.05) is 29.3 Å². The zero-order valence-electron chi connectivity index (χ0n) is 25.3. The number of para-hydroxylation sites is 2. The smallest absolute Gasteiger partial charge is 0.322 e. The SMILES string of the molecule is CC(C)(C)N1CCN(c2ccc(N3CCN(C(=O)NC4[C@@H]5CC6C[C@H]4CC(C(N)=O)(C6)C5)c4ccccc43)nc2)CC1. The van der Waals surface area contributed by atoms with Gasteiger partial charge in [-0.3, -0.25) is 14.6 Å². The summed E-state index contributed by atoms with van der Waals surface area (Å²) in [5, 5.41) is 3.43. The molecule has 1 aromatic carbocycles. The number of nitrogens with one attached hydrogen (secondary N) is 1. The molecule has 9 heteroatoms. The number of anilines is 4. The van der Waals surface area contributed by atoms with E-state index in [4.69, 9.17) is 10.7 Å². The van der Waals surface area contributed by atoms with Crippen molar-refractivity contribution in [3.63, 3.8) is 0 Å². The number of hydrogen-bond donors (Lipinski definition) is 2. The number of nitrogens with two attached hydrogens (primary N) is 1. The van der Waals surface area contributed by atoms with Crippen molar-refractivity contribution in [3.8, 4) is 0 Å². The summed E-state index contributed by atoms with van der Waals surface area (Å²) in [6.45, 7) is 12.2. The molecule has 6 aliphatic rings. The second kappa shape index (κ2) is 10.1. The first-order chi connectivity index (χ1) is 20.1. The Hall–Kier alpha value is -3.33. The van der Waals surface area contributed by atoms with Gasteiger partial charge in [0.1, 0.15) is 5.82 Å². The topological polar surface area (TPSA) is 98.0 Å². The molecule has 2 aliphatic heterocycles. The van der Waals surface area contributed by atoms with Crippen molar-refractivity contribution in [1.29, 1.82) is 0 Å². The van der Waals surface area contributed by atoms with Crippen molar-refractivity contribution in [1.82, 2.24) is 15.2 Å². The summed E-state index contributed by atoms with van der Waals surface area (Å²) >= 11 is 0. The first-order valence-electron chi connectivity index (χ1n) is 15.8. The lowest BCUT2D eigenvalue weighted by molar-refractivity contribution is -0.145. The van der Waals surface area contributed by atoms with Crippen LogP contribution in [0.2, 0.25) is 0 Å². The molecule has 1 aromatic heterocycles. The van der Waals surface area contributed by atoms with E-state index < -0.39 is 0 Å². The fourth-order valence-corrected chi connectivity index (χ4v) is 8.95. The van der Waals surface area contributed by atoms with Crippen molar-refractivity contribution >= 4 is 34.8 Å². The number of fused-ring (bicyclic) bond motifs is 1. The van der Waals surface area contributed by atoms with Gasteiger partial charge in [0, 0.05) is 56.3 Å². The van der Waals surface area contributed by atoms with Gasteiger partial charge in [0.25, 0.3) is 0 Å². The van der Waals surface area contributed by atoms with Crippen LogP contribution in [0.1, 0.15) is 52.9 Å². The Kier molecular flexibility index (Phi) is 6.64. The number of aromatic nitrogens is 1. The molecular formula is C33H45N7O2. The van der Waals surface area contributed by atoms with Crippen LogP contribution in [0.3, 0.4) is 0 Å². The summed E-state index contributed by atoms with van der Waals surface area (Å²) in [5.41, 5.74) is 8.80. The number of nitrogens with zero attached hydrogens (tertiary/aromatic N) is 5. The first kappa shape index (κ1) is 27.5. The van der Waals surface area contributed by atoms with Crippen molar-refractivity contribution in [2.75, 3.05) is 54.0 Å². The molecule has 0 spiro atoms. The van der Waals surface area contributed by atoms with Gasteiger partial charge in [-0.05, 0) is 94.9 Å². The maximum absolute atomic E-state index is 13.8. The molecular weight excluding hydrogens is 526 g/mol. The van der Waals surface area contributed by atoms with E-state index >= 15 is 0 Å². The van der Waals surface area contributed by atoms with E-state index in [0.29, 0.717) is 30.8 Å². The van der Waals surface area contributed by atoms with Crippen LogP contribution in [0.15, 0.2) is 42.6 Å². The molecule has 3 amide bonds. The summed E-state index contributed by atoms with van der Waals surface area (Å²) in [5.74, 6) is 2.00. The van der Waals surface area contributed by atoms with E-state index in [1.165, 1.54) is 0 Å². The normalized spacial score (nSPS) is 30.8. The lowest BCUT2D eigenvalue weighted by Crippen LogP contribution is -2.63. The molecule has 1 saturated heterocycles. The van der Waals surface area contributed by atoms with Gasteiger partial charge >= 0.3 is 6.03 Å². The van der Waals surface area contributed by atoms with Gasteiger partial charge in [0.05, 0.1) is 23.3 Å². The lowest BCUT2D eigenvalue weighted by Gasteiger charge is -2.59. The third-order valence-electron chi connectivity index (χ3n) is 10.9. The largest absolute Gasteiger partial charge is 0.369 e. The average molecular weight is 572 g/mol. The summed E-state index contributed by atoms with van der Waals surface area (Å²) in [6.07, 6.45) is 6.75. The Morgan fingerprint density at radius 2 is 1.60 bits per heavy atom. The third-order valence-corrected chi connectivity index (χ3v) is 10.9. The highest BCUT2D eigenvalue weighted by Crippen LogP contribution is 2.60. The molecule has 42 heavy (non-hydrogen) atoms. The van der Waals surface area contributed by atoms with E-state index in [-0.39, 0.29) is 28.9 Å². The molecule has 4 bridgehead atoms. The fourth-order valence-electron chi connectivity index (χ4n) is 8.95. The highest BCUT2D eigenvalue weighted by atomic mass is 16.2. The molecule has 4 aliphatic carbocycles. The van der Waals surface area contributed by atoms with Crippen LogP contribution >= 0.6 is 0 Å². The van der Waals surface area contributed by atoms with Crippen molar-refractivity contribution in [2.45, 2.75) is 64.5 Å². The number of benzene rings is 1. The minimum Gasteiger partial charge on any atom is -0.369 e. The third kappa shape index (κ3) is 4.70. The Balaban J connectivity index is 1.04. The fraction of sp³-hybridized carbons (Fsp3) is 0.606. The second-order valence-corrected chi connectivity index (χ2v) is 14.4. The van der Waals surface area contributed by atoms with Crippen LogP contribution in [0.25, 0.3) is 0 Å². The number of carbonyl (C=O) groups is 2. The molecule has 8 rings (SSSR count). The van der Waals surface area contributed by atoms with E-state index in [1.54, 1.807) is 0 Å². The zero-order valence-corrected chi connectivity index (χ0v) is 25.3. The monoisotopic (exact) mass is 571 g/mol. The van der Waals surface area contributed by atoms with Crippen molar-refractivity contribution in [3.05, 3.63) is 42.6 Å². The summed E-state index contributed by atoms with van der Waals surface area (Å²) < 4.78 is 0. The van der Waals surface area contributed by atoms with E-state index in [2.05, 4.69) is 59.0 Å². The Morgan fingerprint density at radius 1 is 0.905 bits per heavy atom. The van der Waals surface area contributed by atoms with Gasteiger partial charge in [-0.25, -0.2) is 9.78 Å². The predicted octanol–water partition coefficient (Wildman–Crippen LogP) is 4.35. The number of rotatable bonds is 4. The van der Waals surface area contributed by atoms with Crippen LogP contribution in [0.5, 0.6) is 0 Å². The molecule has 3 heterocycles. The molecule has 3 N–H and O–H groups in total. The number of pyridine rings is 1. The highest BCUT2D eigenvalue weighted by molar-refractivity contribution is 5.98. The van der Waals surface area contributed by atoms with Crippen LogP contribution in [-0.2, 0) is 4.79 Å². The molecule has 3 unspecified atom stereocenters. The summed E-state index contributed by atoms with van der Waals surface area (Å²) in [4.78, 5) is 40.1. The van der Waals surface area contributed by atoms with Gasteiger partial charge in [-0.1, -0.05) is 12.1 Å². The van der Waals surface area contributed by atoms with Crippen molar-refractivity contribution in [2.24, 2.45) is 28.9 Å². The number of primary amides is 1. The molecule has 2 aromatic rings. The van der Waals surface area contributed by atoms with Crippen molar-refractivity contribution < 1.29 is 9.59 Å². The molecule has 9 nitrogen and oxygen atoms in total. The standard InChI is InChI=1S/C33H45N7O2/c1-32(2,3)38-12-10-37(11-13-38)25-8-9-28(35-21-25)39-14-15-40(27-7-5-4-6-26(27)39)31(42)36-29-23-16-22-17-24(29)20-33(18-22,19-23)30(34)41/h4-9,21-24,29H,10-20H2,1-3H3,(H2,34,41)(H,36,42)/t22?,23-,24+,29?,33?. The maximum Gasteiger partial charge on any atom is 0.322 e. The number of carbonyl (C=O) groups excluding carboxylic acids is 2. The highest BCUT2D eigenvalue weighted by Gasteiger charge is 2.58. The minimum atomic E-state index is -0.348. The van der Waals surface area contributed by atoms with Crippen LogP contribution in [0, 0.1) is 23.2 Å². The quantitative estimate of drug-likeness (QED) is 0.566. The summed E-state index contributed by atoms with van der Waals surface area (Å²) in [6, 6.07) is 12.5. The van der Waals surface area contributed by atoms with Crippen LogP contribution < -0.4 is 25.8 Å². The lowest BCUT2D eigenvalue weighted by atomic mass is 9.47. The average Bonchev–Trinajstić information content (AvgIpc) is 2.97. The number of hydrogen-bond acceptors (Lipinski definition) is 6. The summed E-state index contributed by atoms with van der Waals surface area (Å²) in [7, 11) is 0. The molecule has 224 valence electrons. The first-order valence-corrected chi connectivity index (χ1v) is 15.8. The van der Waals surface area contributed by atoms with E-state index in [0.717, 1.165) is 81.2 Å². The Bertz CT molecular complexity index is 1330. The number of piperazine rings is 1. The Morgan fingerprint density at radius 3 is 2.21 bits per heavy atom. The second-order valence-electron chi connectivity index (χ2n) is 14.4. The number of amides is 3. The van der Waals surface area contributed by atoms with Gasteiger partial charge in [0.2, 0.25) is 5.91 Å². The van der Waals surface area contributed by atoms with Crippen LogP contribution in [0.4, 0.5) is 27.7 Å². The Labute approximate surface area is 249 Å². The zero-order chi connectivity index (χ0) is 29.2. The molecule has 0 radical (unpaired) electrons. The molecule has 4 saturated carbocycles. The number of urea groups is 1. The van der Waals surface area contributed by atoms with Gasteiger partial charge in [-0.15, -0.1) is 0 Å². The predicted molar refractivity (Wildman–Crippen MR) is 166 cm³/mol. The maximum atomic E-state index is 13.8. The minimum absolute atomic E-state index is 0.0367. The van der Waals surface area contributed by atoms with Gasteiger partial charge < -0.3 is 20.9 Å². The van der Waals surface area contributed by atoms with Gasteiger partial charge in [-0.2, -0.15) is 0 Å². The van der Waals surface area contributed by atoms with Gasteiger partial charge in [0.15, 0.2) is 0 Å². The molecule has 5 fully saturated rings. The van der Waals surface area contributed by atoms with Crippen LogP contribution in [-0.4, -0.2) is 72.7 Å².